The van der Waals surface area contributed by atoms with Crippen molar-refractivity contribution in [3.8, 4) is 0 Å². The molecule has 1 amide bonds. The molecule has 1 heterocycles. The van der Waals surface area contributed by atoms with Crippen LogP contribution in [0.2, 0.25) is 0 Å². The Hall–Kier alpha value is -2.11. The fourth-order valence-electron chi connectivity index (χ4n) is 1.85. The van der Waals surface area contributed by atoms with Gasteiger partial charge in [0.05, 0.1) is 5.56 Å². The molecule has 122 valence electrons. The van der Waals surface area contributed by atoms with Crippen LogP contribution >= 0.6 is 0 Å². The first-order chi connectivity index (χ1) is 10.8. The summed E-state index contributed by atoms with van der Waals surface area (Å²) in [4.78, 5) is 20.3. The first kappa shape index (κ1) is 17.9. The van der Waals surface area contributed by atoms with E-state index < -0.39 is 0 Å². The topological polar surface area (TPSA) is 78.4 Å². The third kappa shape index (κ3) is 7.61. The highest BCUT2D eigenvalue weighted by Gasteiger charge is 2.03. The lowest BCUT2D eigenvalue weighted by Gasteiger charge is -2.11. The largest absolute Gasteiger partial charge is 0.357 e. The summed E-state index contributed by atoms with van der Waals surface area (Å²) in [5.41, 5.74) is 0.572. The maximum atomic E-state index is 11.8. The first-order valence-corrected chi connectivity index (χ1v) is 7.98. The molecule has 0 saturated heterocycles. The molecule has 0 saturated carbocycles. The van der Waals surface area contributed by atoms with Crippen molar-refractivity contribution in [3.05, 3.63) is 30.1 Å². The van der Waals surface area contributed by atoms with Crippen LogP contribution in [0.15, 0.2) is 29.5 Å². The van der Waals surface area contributed by atoms with Gasteiger partial charge in [0.25, 0.3) is 5.91 Å². The lowest BCUT2D eigenvalue weighted by atomic mass is 10.2. The Balaban J connectivity index is 2.26. The molecule has 0 fully saturated rings. The highest BCUT2D eigenvalue weighted by atomic mass is 16.1. The van der Waals surface area contributed by atoms with Crippen molar-refractivity contribution < 1.29 is 4.79 Å². The molecular weight excluding hydrogens is 278 g/mol. The minimum atomic E-state index is -0.111. The van der Waals surface area contributed by atoms with Crippen LogP contribution in [0.5, 0.6) is 0 Å². The fraction of sp³-hybridized carbons (Fsp3) is 0.562. The Labute approximate surface area is 132 Å². The third-order valence-corrected chi connectivity index (χ3v) is 3.00. The Bertz CT molecular complexity index is 447. The fourth-order valence-corrected chi connectivity index (χ4v) is 1.85. The number of hydrogen-bond donors (Lipinski definition) is 3. The number of nitrogens with zero attached hydrogens (tertiary/aromatic N) is 2. The number of pyridine rings is 1. The van der Waals surface area contributed by atoms with Crippen LogP contribution in [-0.4, -0.2) is 43.0 Å². The molecule has 1 rings (SSSR count). The lowest BCUT2D eigenvalue weighted by Crippen LogP contribution is -2.41. The van der Waals surface area contributed by atoms with Gasteiger partial charge in [-0.05, 0) is 25.5 Å². The van der Waals surface area contributed by atoms with E-state index in [2.05, 4.69) is 32.9 Å². The van der Waals surface area contributed by atoms with Crippen molar-refractivity contribution in [3.63, 3.8) is 0 Å². The second-order valence-corrected chi connectivity index (χ2v) is 4.89. The summed E-state index contributed by atoms with van der Waals surface area (Å²) in [6, 6.07) is 3.49. The summed E-state index contributed by atoms with van der Waals surface area (Å²) in [7, 11) is 0. The molecule has 0 radical (unpaired) electrons. The highest BCUT2D eigenvalue weighted by Crippen LogP contribution is 1.94. The predicted molar refractivity (Wildman–Crippen MR) is 90.1 cm³/mol. The second-order valence-electron chi connectivity index (χ2n) is 4.89. The van der Waals surface area contributed by atoms with Gasteiger partial charge in [-0.1, -0.05) is 19.8 Å². The molecule has 0 bridgehead atoms. The molecule has 0 spiro atoms. The second kappa shape index (κ2) is 11.5. The number of carbonyl (C=O) groups excluding carboxylic acids is 1. The van der Waals surface area contributed by atoms with Crippen LogP contribution in [0.3, 0.4) is 0 Å². The van der Waals surface area contributed by atoms with Crippen LogP contribution in [0.1, 0.15) is 43.5 Å². The maximum Gasteiger partial charge on any atom is 0.252 e. The number of amides is 1. The van der Waals surface area contributed by atoms with E-state index in [4.69, 9.17) is 0 Å². The van der Waals surface area contributed by atoms with Gasteiger partial charge in [0.1, 0.15) is 0 Å². The van der Waals surface area contributed by atoms with Crippen molar-refractivity contribution in [2.24, 2.45) is 4.99 Å². The summed E-state index contributed by atoms with van der Waals surface area (Å²) in [5, 5.41) is 9.26. The van der Waals surface area contributed by atoms with Gasteiger partial charge in [-0.3, -0.25) is 14.8 Å². The smallest absolute Gasteiger partial charge is 0.252 e. The van der Waals surface area contributed by atoms with Gasteiger partial charge in [0.2, 0.25) is 0 Å². The Morgan fingerprint density at radius 1 is 1.18 bits per heavy atom. The SMILES string of the molecule is CCCCCN=C(NCC)NCCNC(=O)c1cccnc1. The first-order valence-electron chi connectivity index (χ1n) is 7.98. The van der Waals surface area contributed by atoms with Gasteiger partial charge < -0.3 is 16.0 Å². The van der Waals surface area contributed by atoms with Crippen molar-refractivity contribution in [2.75, 3.05) is 26.2 Å². The quantitative estimate of drug-likeness (QED) is 0.367. The minimum Gasteiger partial charge on any atom is -0.357 e. The van der Waals surface area contributed by atoms with Crippen molar-refractivity contribution in [2.45, 2.75) is 33.1 Å². The molecule has 0 aliphatic carbocycles. The zero-order valence-corrected chi connectivity index (χ0v) is 13.6. The van der Waals surface area contributed by atoms with Crippen LogP contribution < -0.4 is 16.0 Å². The van der Waals surface area contributed by atoms with Crippen LogP contribution in [-0.2, 0) is 0 Å². The number of guanidine groups is 1. The number of unbranched alkanes of at least 4 members (excludes halogenated alkanes) is 2. The van der Waals surface area contributed by atoms with Crippen LogP contribution in [0.4, 0.5) is 0 Å². The van der Waals surface area contributed by atoms with Gasteiger partial charge in [-0.25, -0.2) is 0 Å². The van der Waals surface area contributed by atoms with Crippen molar-refractivity contribution in [1.82, 2.24) is 20.9 Å². The van der Waals surface area contributed by atoms with E-state index >= 15 is 0 Å². The Morgan fingerprint density at radius 3 is 2.68 bits per heavy atom. The maximum absolute atomic E-state index is 11.8. The molecule has 0 atom stereocenters. The summed E-state index contributed by atoms with van der Waals surface area (Å²) in [6.07, 6.45) is 6.70. The van der Waals surface area contributed by atoms with Gasteiger partial charge in [-0.15, -0.1) is 0 Å². The molecule has 1 aromatic heterocycles. The summed E-state index contributed by atoms with van der Waals surface area (Å²) >= 11 is 0. The number of hydrogen-bond acceptors (Lipinski definition) is 3. The van der Waals surface area contributed by atoms with E-state index in [-0.39, 0.29) is 5.91 Å². The van der Waals surface area contributed by atoms with Gasteiger partial charge >= 0.3 is 0 Å². The number of aromatic nitrogens is 1. The molecule has 6 heteroatoms. The number of rotatable bonds is 9. The molecule has 3 N–H and O–H groups in total. The number of nitrogens with one attached hydrogen (secondary N) is 3. The van der Waals surface area contributed by atoms with Crippen LogP contribution in [0.25, 0.3) is 0 Å². The normalized spacial score (nSPS) is 11.1. The third-order valence-electron chi connectivity index (χ3n) is 3.00. The van der Waals surface area contributed by atoms with Crippen molar-refractivity contribution in [1.29, 1.82) is 0 Å². The average molecular weight is 305 g/mol. The Kier molecular flexibility index (Phi) is 9.41. The van der Waals surface area contributed by atoms with E-state index in [0.717, 1.165) is 25.5 Å². The standard InChI is InChI=1S/C16H27N5O/c1-3-5-6-10-20-16(18-4-2)21-12-11-19-15(22)14-8-7-9-17-13-14/h7-9,13H,3-6,10-12H2,1-2H3,(H,19,22)(H2,18,20,21). The van der Waals surface area contributed by atoms with Crippen LogP contribution in [0, 0.1) is 0 Å². The predicted octanol–water partition coefficient (Wildman–Crippen LogP) is 1.56. The minimum absolute atomic E-state index is 0.111. The summed E-state index contributed by atoms with van der Waals surface area (Å²) in [6.45, 7) is 7.02. The molecule has 0 aliphatic rings. The monoisotopic (exact) mass is 305 g/mol. The van der Waals surface area contributed by atoms with E-state index in [9.17, 15) is 4.79 Å². The van der Waals surface area contributed by atoms with Crippen molar-refractivity contribution >= 4 is 11.9 Å². The average Bonchev–Trinajstić information content (AvgIpc) is 2.56. The van der Waals surface area contributed by atoms with E-state index in [1.807, 2.05) is 6.92 Å². The van der Waals surface area contributed by atoms with E-state index in [0.29, 0.717) is 18.7 Å². The molecule has 0 aromatic carbocycles. The summed E-state index contributed by atoms with van der Waals surface area (Å²) in [5.74, 6) is 0.689. The molecule has 22 heavy (non-hydrogen) atoms. The molecule has 1 aromatic rings. The summed E-state index contributed by atoms with van der Waals surface area (Å²) < 4.78 is 0. The molecule has 0 unspecified atom stereocenters. The molecular formula is C16H27N5O. The zero-order chi connectivity index (χ0) is 16.0. The lowest BCUT2D eigenvalue weighted by molar-refractivity contribution is 0.0954. The molecule has 6 nitrogen and oxygen atoms in total. The van der Waals surface area contributed by atoms with Gasteiger partial charge in [0, 0.05) is 38.6 Å². The Morgan fingerprint density at radius 2 is 2.00 bits per heavy atom. The highest BCUT2D eigenvalue weighted by molar-refractivity contribution is 5.93. The van der Waals surface area contributed by atoms with E-state index in [1.165, 1.54) is 12.8 Å². The van der Waals surface area contributed by atoms with Gasteiger partial charge in [-0.2, -0.15) is 0 Å². The zero-order valence-electron chi connectivity index (χ0n) is 13.6. The number of aliphatic imine (C=N–C) groups is 1. The van der Waals surface area contributed by atoms with Gasteiger partial charge in [0.15, 0.2) is 5.96 Å². The van der Waals surface area contributed by atoms with E-state index in [1.54, 1.807) is 24.5 Å². The molecule has 0 aliphatic heterocycles. The number of carbonyl (C=O) groups is 1.